The topological polar surface area (TPSA) is 66.1 Å². The lowest BCUT2D eigenvalue weighted by atomic mass is 10.3. The van der Waals surface area contributed by atoms with E-state index in [9.17, 15) is 8.42 Å². The summed E-state index contributed by atoms with van der Waals surface area (Å²) in [4.78, 5) is 7.56. The van der Waals surface area contributed by atoms with Gasteiger partial charge in [0.1, 0.15) is 5.82 Å². The number of hydrogen-bond acceptors (Lipinski definition) is 3. The molecule has 1 heterocycles. The van der Waals surface area contributed by atoms with Gasteiger partial charge < -0.3 is 4.98 Å². The zero-order valence-corrected chi connectivity index (χ0v) is 13.6. The molecule has 0 aliphatic rings. The average Bonchev–Trinajstić information content (AvgIpc) is 2.85. The number of hydrogen-bond donors (Lipinski definition) is 1. The van der Waals surface area contributed by atoms with Gasteiger partial charge in [-0.3, -0.25) is 4.31 Å². The second-order valence-electron chi connectivity index (χ2n) is 4.95. The van der Waals surface area contributed by atoms with Crippen molar-refractivity contribution < 1.29 is 8.42 Å². The van der Waals surface area contributed by atoms with E-state index in [0.29, 0.717) is 10.7 Å². The molecule has 7 heteroatoms. The van der Waals surface area contributed by atoms with Gasteiger partial charge in [0.05, 0.1) is 21.6 Å². The third-order valence-corrected chi connectivity index (χ3v) is 5.42. The molecule has 114 valence electrons. The number of halogens is 1. The molecule has 0 aliphatic carbocycles. The van der Waals surface area contributed by atoms with Crippen molar-refractivity contribution in [3.63, 3.8) is 0 Å². The summed E-state index contributed by atoms with van der Waals surface area (Å²) in [7, 11) is -2.15. The standard InChI is InChI=1S/C15H14ClN3O2S/c1-10-17-14-7-6-12(9-15(14)18-10)19(2)22(20,21)13-5-3-4-11(16)8-13/h3-9H,1-2H3,(H,17,18). The molecule has 0 saturated carbocycles. The first-order chi connectivity index (χ1) is 10.4. The molecule has 0 amide bonds. The maximum Gasteiger partial charge on any atom is 0.264 e. The van der Waals surface area contributed by atoms with E-state index < -0.39 is 10.0 Å². The van der Waals surface area contributed by atoms with Gasteiger partial charge in [0.25, 0.3) is 10.0 Å². The van der Waals surface area contributed by atoms with E-state index in [1.807, 2.05) is 6.92 Å². The fraction of sp³-hybridized carbons (Fsp3) is 0.133. The highest BCUT2D eigenvalue weighted by atomic mass is 35.5. The zero-order valence-electron chi connectivity index (χ0n) is 12.0. The minimum Gasteiger partial charge on any atom is -0.342 e. The summed E-state index contributed by atoms with van der Waals surface area (Å²) in [6.07, 6.45) is 0. The first-order valence-electron chi connectivity index (χ1n) is 6.59. The van der Waals surface area contributed by atoms with Crippen molar-refractivity contribution in [2.24, 2.45) is 0 Å². The van der Waals surface area contributed by atoms with Crippen LogP contribution in [0.25, 0.3) is 11.0 Å². The highest BCUT2D eigenvalue weighted by Crippen LogP contribution is 2.26. The van der Waals surface area contributed by atoms with E-state index in [1.54, 1.807) is 30.3 Å². The number of aromatic nitrogens is 2. The first-order valence-corrected chi connectivity index (χ1v) is 8.40. The Balaban J connectivity index is 2.05. The number of rotatable bonds is 3. The van der Waals surface area contributed by atoms with Crippen LogP contribution in [0.3, 0.4) is 0 Å². The lowest BCUT2D eigenvalue weighted by Gasteiger charge is -2.19. The molecule has 0 atom stereocenters. The van der Waals surface area contributed by atoms with Crippen molar-refractivity contribution in [3.05, 3.63) is 53.3 Å². The van der Waals surface area contributed by atoms with Crippen molar-refractivity contribution in [1.82, 2.24) is 9.97 Å². The average molecular weight is 336 g/mol. The third kappa shape index (κ3) is 2.55. The Morgan fingerprint density at radius 1 is 1.18 bits per heavy atom. The van der Waals surface area contributed by atoms with Crippen molar-refractivity contribution >= 4 is 38.3 Å². The molecule has 3 rings (SSSR count). The summed E-state index contributed by atoms with van der Waals surface area (Å²) >= 11 is 5.89. The van der Waals surface area contributed by atoms with Gasteiger partial charge in [0, 0.05) is 12.1 Å². The highest BCUT2D eigenvalue weighted by Gasteiger charge is 2.22. The molecule has 0 saturated heterocycles. The SMILES string of the molecule is Cc1nc2ccc(N(C)S(=O)(=O)c3cccc(Cl)c3)cc2[nH]1. The number of benzene rings is 2. The monoisotopic (exact) mass is 335 g/mol. The van der Waals surface area contributed by atoms with E-state index in [4.69, 9.17) is 11.6 Å². The van der Waals surface area contributed by atoms with Crippen LogP contribution in [0.15, 0.2) is 47.4 Å². The Morgan fingerprint density at radius 2 is 1.95 bits per heavy atom. The van der Waals surface area contributed by atoms with Gasteiger partial charge in [-0.2, -0.15) is 0 Å². The van der Waals surface area contributed by atoms with Crippen LogP contribution < -0.4 is 4.31 Å². The number of sulfonamides is 1. The van der Waals surface area contributed by atoms with Crippen LogP contribution in [0, 0.1) is 6.92 Å². The molecule has 1 N–H and O–H groups in total. The summed E-state index contributed by atoms with van der Waals surface area (Å²) in [5, 5.41) is 0.383. The van der Waals surface area contributed by atoms with Crippen LogP contribution in [-0.4, -0.2) is 25.4 Å². The zero-order chi connectivity index (χ0) is 15.9. The fourth-order valence-corrected chi connectivity index (χ4v) is 3.73. The molecule has 3 aromatic rings. The largest absolute Gasteiger partial charge is 0.342 e. The number of imidazole rings is 1. The number of fused-ring (bicyclic) bond motifs is 1. The lowest BCUT2D eigenvalue weighted by Crippen LogP contribution is -2.26. The smallest absolute Gasteiger partial charge is 0.264 e. The predicted octanol–water partition coefficient (Wildman–Crippen LogP) is 3.35. The molecule has 0 aliphatic heterocycles. The van der Waals surface area contributed by atoms with Crippen LogP contribution in [0.2, 0.25) is 5.02 Å². The molecular weight excluding hydrogens is 322 g/mol. The number of aryl methyl sites for hydroxylation is 1. The molecule has 22 heavy (non-hydrogen) atoms. The number of anilines is 1. The quantitative estimate of drug-likeness (QED) is 0.798. The van der Waals surface area contributed by atoms with E-state index in [2.05, 4.69) is 9.97 Å². The Kier molecular flexibility index (Phi) is 3.58. The first kappa shape index (κ1) is 14.9. The van der Waals surface area contributed by atoms with Crippen LogP contribution >= 0.6 is 11.6 Å². The molecule has 2 aromatic carbocycles. The maximum atomic E-state index is 12.7. The van der Waals surface area contributed by atoms with Crippen molar-refractivity contribution in [2.75, 3.05) is 11.4 Å². The summed E-state index contributed by atoms with van der Waals surface area (Å²) in [5.74, 6) is 0.785. The van der Waals surface area contributed by atoms with Gasteiger partial charge in [0.2, 0.25) is 0 Å². The molecule has 1 aromatic heterocycles. The summed E-state index contributed by atoms with van der Waals surface area (Å²) < 4.78 is 26.6. The minimum absolute atomic E-state index is 0.156. The second kappa shape index (κ2) is 5.30. The molecule has 0 fully saturated rings. The Bertz CT molecular complexity index is 950. The molecule has 0 bridgehead atoms. The van der Waals surface area contributed by atoms with Gasteiger partial charge in [0.15, 0.2) is 0 Å². The molecule has 0 spiro atoms. The van der Waals surface area contributed by atoms with E-state index in [0.717, 1.165) is 16.9 Å². The number of aromatic amines is 1. The minimum atomic E-state index is -3.66. The van der Waals surface area contributed by atoms with Gasteiger partial charge >= 0.3 is 0 Å². The van der Waals surface area contributed by atoms with Gasteiger partial charge in [-0.15, -0.1) is 0 Å². The number of H-pyrrole nitrogens is 1. The second-order valence-corrected chi connectivity index (χ2v) is 7.36. The van der Waals surface area contributed by atoms with Crippen LogP contribution in [0.5, 0.6) is 0 Å². The van der Waals surface area contributed by atoms with E-state index in [1.165, 1.54) is 23.5 Å². The van der Waals surface area contributed by atoms with Crippen LogP contribution in [-0.2, 0) is 10.0 Å². The molecule has 0 unspecified atom stereocenters. The molecule has 0 radical (unpaired) electrons. The summed E-state index contributed by atoms with van der Waals surface area (Å²) in [6, 6.07) is 11.5. The fourth-order valence-electron chi connectivity index (χ4n) is 2.25. The van der Waals surface area contributed by atoms with Crippen molar-refractivity contribution in [2.45, 2.75) is 11.8 Å². The van der Waals surface area contributed by atoms with Gasteiger partial charge in [-0.05, 0) is 43.3 Å². The number of nitrogens with one attached hydrogen (secondary N) is 1. The van der Waals surface area contributed by atoms with Gasteiger partial charge in [-0.1, -0.05) is 17.7 Å². The van der Waals surface area contributed by atoms with Crippen molar-refractivity contribution in [3.8, 4) is 0 Å². The molecule has 5 nitrogen and oxygen atoms in total. The molecular formula is C15H14ClN3O2S. The number of nitrogens with zero attached hydrogens (tertiary/aromatic N) is 2. The summed E-state index contributed by atoms with van der Waals surface area (Å²) in [5.41, 5.74) is 2.15. The Hall–Kier alpha value is -2.05. The Morgan fingerprint density at radius 3 is 2.68 bits per heavy atom. The maximum absolute atomic E-state index is 12.7. The van der Waals surface area contributed by atoms with Crippen LogP contribution in [0.1, 0.15) is 5.82 Å². The lowest BCUT2D eigenvalue weighted by molar-refractivity contribution is 0.594. The van der Waals surface area contributed by atoms with Crippen molar-refractivity contribution in [1.29, 1.82) is 0 Å². The van der Waals surface area contributed by atoms with E-state index in [-0.39, 0.29) is 4.90 Å². The third-order valence-electron chi connectivity index (χ3n) is 3.40. The van der Waals surface area contributed by atoms with E-state index >= 15 is 0 Å². The normalized spacial score (nSPS) is 11.8. The summed E-state index contributed by atoms with van der Waals surface area (Å²) in [6.45, 7) is 1.85. The van der Waals surface area contributed by atoms with Gasteiger partial charge in [-0.25, -0.2) is 13.4 Å². The Labute approximate surface area is 133 Å². The highest BCUT2D eigenvalue weighted by molar-refractivity contribution is 7.92. The predicted molar refractivity (Wildman–Crippen MR) is 87.9 cm³/mol. The van der Waals surface area contributed by atoms with Crippen LogP contribution in [0.4, 0.5) is 5.69 Å².